The standard InChI is InChI=1S/C29H21N3O8S/c1-2-38-28(35)23-24(16-7-4-3-5-8-16)30-29-31(25(23)17-11-12-20-21(13-17)40-15-39-20)27(34)22(41-29)14-18-9-6-10-19(26(18)33)32(36)37/h3-14,25,33H,2,15H2,1H3. The molecule has 2 aliphatic rings. The van der Waals surface area contributed by atoms with E-state index < -0.39 is 33.9 Å². The third-order valence-corrected chi connectivity index (χ3v) is 7.60. The zero-order valence-corrected chi connectivity index (χ0v) is 22.3. The Hall–Kier alpha value is -5.23. The minimum absolute atomic E-state index is 0.0457. The molecule has 1 unspecified atom stereocenters. The number of hydrogen-bond acceptors (Lipinski definition) is 10. The number of phenols is 1. The molecule has 3 heterocycles. The molecular formula is C29H21N3O8S. The van der Waals surface area contributed by atoms with Crippen LogP contribution in [0.25, 0.3) is 11.8 Å². The first-order chi connectivity index (χ1) is 19.9. The number of hydrogen-bond donors (Lipinski definition) is 1. The maximum Gasteiger partial charge on any atom is 0.338 e. The molecule has 206 valence electrons. The number of phenolic OH excluding ortho intramolecular Hbond substituents is 1. The molecule has 12 heteroatoms. The quantitative estimate of drug-likeness (QED) is 0.211. The molecule has 1 aromatic heterocycles. The van der Waals surface area contributed by atoms with Crippen molar-refractivity contribution in [2.75, 3.05) is 13.4 Å². The van der Waals surface area contributed by atoms with Gasteiger partial charge in [0.05, 0.1) is 33.4 Å². The van der Waals surface area contributed by atoms with Crippen LogP contribution in [0.1, 0.15) is 29.7 Å². The Balaban J connectivity index is 1.65. The number of aromatic hydroxyl groups is 1. The van der Waals surface area contributed by atoms with Gasteiger partial charge in [-0.1, -0.05) is 59.9 Å². The lowest BCUT2D eigenvalue weighted by molar-refractivity contribution is -0.385. The Kier molecular flexibility index (Phi) is 6.59. The molecule has 1 atom stereocenters. The highest BCUT2D eigenvalue weighted by Gasteiger charge is 2.36. The van der Waals surface area contributed by atoms with Crippen LogP contribution in [-0.4, -0.2) is 34.0 Å². The van der Waals surface area contributed by atoms with Crippen LogP contribution in [0.2, 0.25) is 0 Å². The van der Waals surface area contributed by atoms with Crippen molar-refractivity contribution in [1.82, 2.24) is 4.57 Å². The van der Waals surface area contributed by atoms with E-state index in [1.54, 1.807) is 25.1 Å². The van der Waals surface area contributed by atoms with E-state index in [-0.39, 0.29) is 29.1 Å². The molecule has 4 aromatic rings. The van der Waals surface area contributed by atoms with E-state index >= 15 is 0 Å². The molecule has 41 heavy (non-hydrogen) atoms. The summed E-state index contributed by atoms with van der Waals surface area (Å²) in [5.41, 5.74) is 0.822. The predicted molar refractivity (Wildman–Crippen MR) is 148 cm³/mol. The summed E-state index contributed by atoms with van der Waals surface area (Å²) < 4.78 is 18.0. The number of nitrogens with zero attached hydrogens (tertiary/aromatic N) is 3. The zero-order valence-electron chi connectivity index (χ0n) is 21.5. The first kappa shape index (κ1) is 26.0. The highest BCUT2D eigenvalue weighted by molar-refractivity contribution is 7.07. The lowest BCUT2D eigenvalue weighted by Crippen LogP contribution is -2.40. The molecular weight excluding hydrogens is 550 g/mol. The second kappa shape index (κ2) is 10.4. The molecule has 0 aliphatic carbocycles. The van der Waals surface area contributed by atoms with Crippen molar-refractivity contribution < 1.29 is 29.0 Å². The number of nitro benzene ring substituents is 1. The lowest BCUT2D eigenvalue weighted by atomic mass is 9.93. The van der Waals surface area contributed by atoms with Gasteiger partial charge >= 0.3 is 11.7 Å². The summed E-state index contributed by atoms with van der Waals surface area (Å²) in [5.74, 6) is -0.198. The number of esters is 1. The molecule has 0 radical (unpaired) electrons. The smallest absolute Gasteiger partial charge is 0.338 e. The maximum absolute atomic E-state index is 14.0. The van der Waals surface area contributed by atoms with Crippen LogP contribution in [-0.2, 0) is 9.53 Å². The van der Waals surface area contributed by atoms with Gasteiger partial charge in [0.25, 0.3) is 5.56 Å². The fourth-order valence-electron chi connectivity index (χ4n) is 4.79. The monoisotopic (exact) mass is 571 g/mol. The average Bonchev–Trinajstić information content (AvgIpc) is 3.57. The fourth-order valence-corrected chi connectivity index (χ4v) is 5.78. The van der Waals surface area contributed by atoms with E-state index in [0.717, 1.165) is 11.3 Å². The molecule has 0 spiro atoms. The van der Waals surface area contributed by atoms with Gasteiger partial charge < -0.3 is 19.3 Å². The Morgan fingerprint density at radius 1 is 1.17 bits per heavy atom. The number of aromatic nitrogens is 1. The number of fused-ring (bicyclic) bond motifs is 2. The molecule has 3 aromatic carbocycles. The van der Waals surface area contributed by atoms with Crippen molar-refractivity contribution in [2.24, 2.45) is 4.99 Å². The van der Waals surface area contributed by atoms with Gasteiger partial charge in [0.15, 0.2) is 16.3 Å². The summed E-state index contributed by atoms with van der Waals surface area (Å²) in [4.78, 5) is 43.2. The minimum Gasteiger partial charge on any atom is -0.502 e. The van der Waals surface area contributed by atoms with Gasteiger partial charge in [-0.2, -0.15) is 0 Å². The molecule has 1 N–H and O–H groups in total. The van der Waals surface area contributed by atoms with E-state index in [9.17, 15) is 24.8 Å². The van der Waals surface area contributed by atoms with Crippen molar-refractivity contribution in [3.05, 3.63) is 119 Å². The van der Waals surface area contributed by atoms with E-state index in [4.69, 9.17) is 19.2 Å². The third kappa shape index (κ3) is 4.53. The van der Waals surface area contributed by atoms with E-state index in [1.807, 2.05) is 30.3 Å². The molecule has 0 saturated carbocycles. The van der Waals surface area contributed by atoms with Gasteiger partial charge in [0.2, 0.25) is 12.5 Å². The Morgan fingerprint density at radius 2 is 1.95 bits per heavy atom. The average molecular weight is 572 g/mol. The predicted octanol–water partition coefficient (Wildman–Crippen LogP) is 3.28. The van der Waals surface area contributed by atoms with Gasteiger partial charge in [-0.3, -0.25) is 19.5 Å². The minimum atomic E-state index is -0.948. The number of ether oxygens (including phenoxy) is 3. The summed E-state index contributed by atoms with van der Waals surface area (Å²) in [6.45, 7) is 1.84. The zero-order chi connectivity index (χ0) is 28.7. The van der Waals surface area contributed by atoms with Crippen LogP contribution in [0, 0.1) is 10.1 Å². The first-order valence-electron chi connectivity index (χ1n) is 12.5. The van der Waals surface area contributed by atoms with Crippen LogP contribution in [0.5, 0.6) is 17.2 Å². The summed E-state index contributed by atoms with van der Waals surface area (Å²) >= 11 is 1.03. The number of carbonyl (C=O) groups is 1. The molecule has 6 rings (SSSR count). The van der Waals surface area contributed by atoms with Crippen molar-refractivity contribution in [3.8, 4) is 17.2 Å². The van der Waals surface area contributed by atoms with Crippen molar-refractivity contribution in [3.63, 3.8) is 0 Å². The Labute approximate surface area is 235 Å². The summed E-state index contributed by atoms with van der Waals surface area (Å²) in [6, 6.07) is 17.4. The molecule has 0 amide bonds. The summed E-state index contributed by atoms with van der Waals surface area (Å²) in [7, 11) is 0. The SMILES string of the molecule is CCOC(=O)C1=C(c2ccccc2)N=c2sc(=Cc3cccc([N+](=O)[O-])c3O)c(=O)n2C1c1ccc2c(c1)OCO2. The summed E-state index contributed by atoms with van der Waals surface area (Å²) in [5, 5.41) is 21.8. The van der Waals surface area contributed by atoms with Crippen molar-refractivity contribution in [1.29, 1.82) is 0 Å². The third-order valence-electron chi connectivity index (χ3n) is 6.62. The molecule has 0 saturated heterocycles. The highest BCUT2D eigenvalue weighted by Crippen LogP contribution is 2.40. The van der Waals surface area contributed by atoms with E-state index in [2.05, 4.69) is 0 Å². The molecule has 11 nitrogen and oxygen atoms in total. The second-order valence-electron chi connectivity index (χ2n) is 9.02. The normalized spacial score (nSPS) is 15.8. The molecule has 2 aliphatic heterocycles. The second-order valence-corrected chi connectivity index (χ2v) is 10.0. The molecule has 0 bridgehead atoms. The van der Waals surface area contributed by atoms with Gasteiger partial charge in [-0.15, -0.1) is 0 Å². The fraction of sp³-hybridized carbons (Fsp3) is 0.138. The maximum atomic E-state index is 14.0. The van der Waals surface area contributed by atoms with Crippen LogP contribution in [0.3, 0.4) is 0 Å². The largest absolute Gasteiger partial charge is 0.502 e. The first-order valence-corrected chi connectivity index (χ1v) is 13.3. The number of nitro groups is 1. The topological polar surface area (TPSA) is 142 Å². The van der Waals surface area contributed by atoms with Gasteiger partial charge in [0.1, 0.15) is 0 Å². The Bertz CT molecular complexity index is 1930. The van der Waals surface area contributed by atoms with Crippen LogP contribution in [0.4, 0.5) is 5.69 Å². The van der Waals surface area contributed by atoms with Crippen LogP contribution in [0.15, 0.2) is 82.1 Å². The number of benzene rings is 3. The lowest BCUT2D eigenvalue weighted by Gasteiger charge is -2.26. The van der Waals surface area contributed by atoms with Crippen LogP contribution < -0.4 is 24.4 Å². The van der Waals surface area contributed by atoms with Crippen LogP contribution >= 0.6 is 11.3 Å². The number of para-hydroxylation sites is 1. The van der Waals surface area contributed by atoms with Gasteiger partial charge in [0, 0.05) is 17.2 Å². The molecule has 0 fully saturated rings. The number of carbonyl (C=O) groups excluding carboxylic acids is 1. The van der Waals surface area contributed by atoms with Crippen molar-refractivity contribution >= 4 is 34.8 Å². The van der Waals surface area contributed by atoms with E-state index in [1.165, 1.54) is 28.8 Å². The van der Waals surface area contributed by atoms with Crippen molar-refractivity contribution in [2.45, 2.75) is 13.0 Å². The van der Waals surface area contributed by atoms with E-state index in [0.29, 0.717) is 33.1 Å². The number of rotatable bonds is 6. The van der Waals surface area contributed by atoms with Gasteiger partial charge in [-0.25, -0.2) is 9.79 Å². The summed E-state index contributed by atoms with van der Waals surface area (Å²) in [6.07, 6.45) is 1.37. The van der Waals surface area contributed by atoms with Gasteiger partial charge in [-0.05, 0) is 30.7 Å². The highest BCUT2D eigenvalue weighted by atomic mass is 32.1. The number of thiazole rings is 1. The Morgan fingerprint density at radius 3 is 2.71 bits per heavy atom.